The molecule has 1 aromatic heterocycles. The lowest BCUT2D eigenvalue weighted by molar-refractivity contribution is -0.124. The van der Waals surface area contributed by atoms with Gasteiger partial charge in [-0.2, -0.15) is 0 Å². The standard InChI is InChI=1S/C20H28FN5O.ClH/c1-14(2)19(15-4-6-16(21)7-5-15)24-18(27)13-26-11-8-22-12-17(26)20-23-9-10-25(20)3;/h4-7,9-10,14,17,19,22H,8,11-13H2,1-3H3,(H,24,27);1H. The van der Waals surface area contributed by atoms with E-state index in [4.69, 9.17) is 0 Å². The number of halogens is 2. The zero-order valence-corrected chi connectivity index (χ0v) is 17.4. The fourth-order valence-electron chi connectivity index (χ4n) is 3.60. The van der Waals surface area contributed by atoms with Crippen molar-refractivity contribution in [3.8, 4) is 0 Å². The van der Waals surface area contributed by atoms with Gasteiger partial charge in [0.2, 0.25) is 5.91 Å². The van der Waals surface area contributed by atoms with Gasteiger partial charge in [0.15, 0.2) is 0 Å². The van der Waals surface area contributed by atoms with Crippen molar-refractivity contribution < 1.29 is 9.18 Å². The predicted octanol–water partition coefficient (Wildman–Crippen LogP) is 2.44. The molecule has 2 N–H and O–H groups in total. The first-order valence-electron chi connectivity index (χ1n) is 9.42. The highest BCUT2D eigenvalue weighted by Crippen LogP contribution is 2.23. The topological polar surface area (TPSA) is 62.2 Å². The van der Waals surface area contributed by atoms with Gasteiger partial charge in [0, 0.05) is 39.1 Å². The van der Waals surface area contributed by atoms with Gasteiger partial charge in [-0.15, -0.1) is 12.4 Å². The van der Waals surface area contributed by atoms with E-state index in [-0.39, 0.29) is 42.1 Å². The van der Waals surface area contributed by atoms with Gasteiger partial charge >= 0.3 is 0 Å². The molecule has 2 unspecified atom stereocenters. The number of aryl methyl sites for hydroxylation is 1. The minimum Gasteiger partial charge on any atom is -0.348 e. The van der Waals surface area contributed by atoms with E-state index in [1.807, 2.05) is 17.8 Å². The molecule has 2 atom stereocenters. The lowest BCUT2D eigenvalue weighted by Gasteiger charge is -2.35. The molecule has 2 aromatic rings. The van der Waals surface area contributed by atoms with Gasteiger partial charge in [-0.05, 0) is 23.6 Å². The Morgan fingerprint density at radius 2 is 2.07 bits per heavy atom. The van der Waals surface area contributed by atoms with E-state index < -0.39 is 0 Å². The molecule has 1 aliphatic rings. The van der Waals surface area contributed by atoms with Crippen molar-refractivity contribution in [1.29, 1.82) is 0 Å². The summed E-state index contributed by atoms with van der Waals surface area (Å²) in [7, 11) is 1.97. The predicted molar refractivity (Wildman–Crippen MR) is 110 cm³/mol. The molecule has 0 radical (unpaired) electrons. The number of piperazine rings is 1. The van der Waals surface area contributed by atoms with Crippen LogP contribution in [0.3, 0.4) is 0 Å². The number of carbonyl (C=O) groups is 1. The Morgan fingerprint density at radius 1 is 1.36 bits per heavy atom. The molecule has 0 bridgehead atoms. The molecule has 28 heavy (non-hydrogen) atoms. The van der Waals surface area contributed by atoms with Crippen LogP contribution < -0.4 is 10.6 Å². The molecule has 2 heterocycles. The normalized spacial score (nSPS) is 18.5. The Balaban J connectivity index is 0.00000280. The Labute approximate surface area is 171 Å². The van der Waals surface area contributed by atoms with E-state index in [1.54, 1.807) is 18.3 Å². The van der Waals surface area contributed by atoms with Crippen LogP contribution in [0.5, 0.6) is 0 Å². The fraction of sp³-hybridized carbons (Fsp3) is 0.500. The van der Waals surface area contributed by atoms with E-state index in [0.29, 0.717) is 6.54 Å². The third kappa shape index (κ3) is 5.31. The van der Waals surface area contributed by atoms with E-state index in [9.17, 15) is 9.18 Å². The first-order chi connectivity index (χ1) is 13.0. The minimum absolute atomic E-state index is 0. The average molecular weight is 410 g/mol. The quantitative estimate of drug-likeness (QED) is 0.769. The van der Waals surface area contributed by atoms with Crippen LogP contribution in [0, 0.1) is 11.7 Å². The molecular formula is C20H29ClFN5O. The number of rotatable bonds is 6. The molecule has 0 aliphatic carbocycles. The van der Waals surface area contributed by atoms with Crippen LogP contribution in [0.25, 0.3) is 0 Å². The summed E-state index contributed by atoms with van der Waals surface area (Å²) >= 11 is 0. The molecule has 0 saturated carbocycles. The molecule has 1 saturated heterocycles. The van der Waals surface area contributed by atoms with Crippen molar-refractivity contribution in [2.75, 3.05) is 26.2 Å². The van der Waals surface area contributed by atoms with Gasteiger partial charge in [0.25, 0.3) is 0 Å². The molecule has 1 amide bonds. The van der Waals surface area contributed by atoms with Gasteiger partial charge in [0.05, 0.1) is 18.6 Å². The first kappa shape index (κ1) is 22.3. The molecular weight excluding hydrogens is 381 g/mol. The monoisotopic (exact) mass is 409 g/mol. The fourth-order valence-corrected chi connectivity index (χ4v) is 3.60. The number of nitrogens with zero attached hydrogens (tertiary/aromatic N) is 3. The Kier molecular flexibility index (Phi) is 7.98. The van der Waals surface area contributed by atoms with Crippen LogP contribution in [0.15, 0.2) is 36.7 Å². The zero-order valence-electron chi connectivity index (χ0n) is 16.6. The van der Waals surface area contributed by atoms with E-state index in [1.165, 1.54) is 12.1 Å². The number of hydrogen-bond acceptors (Lipinski definition) is 4. The number of benzene rings is 1. The molecule has 6 nitrogen and oxygen atoms in total. The van der Waals surface area contributed by atoms with Gasteiger partial charge in [-0.3, -0.25) is 9.69 Å². The van der Waals surface area contributed by atoms with Crippen LogP contribution in [-0.2, 0) is 11.8 Å². The molecule has 3 rings (SSSR count). The molecule has 1 aliphatic heterocycles. The highest BCUT2D eigenvalue weighted by Gasteiger charge is 2.29. The number of amides is 1. The zero-order chi connectivity index (χ0) is 19.4. The van der Waals surface area contributed by atoms with Crippen LogP contribution in [0.1, 0.15) is 37.3 Å². The van der Waals surface area contributed by atoms with Crippen molar-refractivity contribution in [2.24, 2.45) is 13.0 Å². The Bertz CT molecular complexity index is 764. The van der Waals surface area contributed by atoms with Crippen LogP contribution in [0.2, 0.25) is 0 Å². The SMILES string of the molecule is CC(C)C(NC(=O)CN1CCNCC1c1nccn1C)c1ccc(F)cc1.Cl. The summed E-state index contributed by atoms with van der Waals surface area (Å²) in [6, 6.07) is 6.26. The summed E-state index contributed by atoms with van der Waals surface area (Å²) in [6.45, 7) is 6.81. The lowest BCUT2D eigenvalue weighted by Crippen LogP contribution is -2.50. The molecule has 0 spiro atoms. The molecule has 1 aromatic carbocycles. The van der Waals surface area contributed by atoms with E-state index in [2.05, 4.69) is 34.4 Å². The summed E-state index contributed by atoms with van der Waals surface area (Å²) in [6.07, 6.45) is 3.71. The average Bonchev–Trinajstić information content (AvgIpc) is 3.07. The number of aromatic nitrogens is 2. The summed E-state index contributed by atoms with van der Waals surface area (Å²) < 4.78 is 15.2. The van der Waals surface area contributed by atoms with Gasteiger partial charge < -0.3 is 15.2 Å². The Hall–Kier alpha value is -1.96. The Morgan fingerprint density at radius 3 is 2.68 bits per heavy atom. The lowest BCUT2D eigenvalue weighted by atomic mass is 9.96. The minimum atomic E-state index is -0.272. The number of hydrogen-bond donors (Lipinski definition) is 2. The largest absolute Gasteiger partial charge is 0.348 e. The smallest absolute Gasteiger partial charge is 0.234 e. The number of imidazole rings is 1. The van der Waals surface area contributed by atoms with Gasteiger partial charge in [-0.25, -0.2) is 9.37 Å². The second kappa shape index (κ2) is 10.0. The van der Waals surface area contributed by atoms with Crippen molar-refractivity contribution >= 4 is 18.3 Å². The van der Waals surface area contributed by atoms with E-state index >= 15 is 0 Å². The third-order valence-corrected chi connectivity index (χ3v) is 5.07. The second-order valence-electron chi connectivity index (χ2n) is 7.43. The summed E-state index contributed by atoms with van der Waals surface area (Å²) in [5, 5.41) is 6.51. The third-order valence-electron chi connectivity index (χ3n) is 5.07. The van der Waals surface area contributed by atoms with Crippen molar-refractivity contribution in [3.63, 3.8) is 0 Å². The van der Waals surface area contributed by atoms with Gasteiger partial charge in [-0.1, -0.05) is 26.0 Å². The van der Waals surface area contributed by atoms with Gasteiger partial charge in [0.1, 0.15) is 11.6 Å². The highest BCUT2D eigenvalue weighted by atomic mass is 35.5. The van der Waals surface area contributed by atoms with E-state index in [0.717, 1.165) is 31.0 Å². The maximum Gasteiger partial charge on any atom is 0.234 e. The first-order valence-corrected chi connectivity index (χ1v) is 9.42. The van der Waals surface area contributed by atoms with Crippen LogP contribution in [-0.4, -0.2) is 46.5 Å². The highest BCUT2D eigenvalue weighted by molar-refractivity contribution is 5.85. The van der Waals surface area contributed by atoms with Crippen molar-refractivity contribution in [3.05, 3.63) is 53.9 Å². The van der Waals surface area contributed by atoms with Crippen molar-refractivity contribution in [1.82, 2.24) is 25.1 Å². The molecule has 154 valence electrons. The maximum atomic E-state index is 13.2. The number of carbonyl (C=O) groups excluding carboxylic acids is 1. The summed E-state index contributed by atoms with van der Waals surface area (Å²) in [4.78, 5) is 19.4. The number of nitrogens with one attached hydrogen (secondary N) is 2. The summed E-state index contributed by atoms with van der Waals surface area (Å²) in [5.41, 5.74) is 0.917. The maximum absolute atomic E-state index is 13.2. The van der Waals surface area contributed by atoms with Crippen LogP contribution >= 0.6 is 12.4 Å². The molecule has 8 heteroatoms. The van der Waals surface area contributed by atoms with Crippen LogP contribution in [0.4, 0.5) is 4.39 Å². The van der Waals surface area contributed by atoms with Crippen molar-refractivity contribution in [2.45, 2.75) is 25.9 Å². The second-order valence-corrected chi connectivity index (χ2v) is 7.43. The summed E-state index contributed by atoms with van der Waals surface area (Å²) in [5.74, 6) is 0.854. The molecule has 1 fully saturated rings.